The van der Waals surface area contributed by atoms with Gasteiger partial charge in [0.1, 0.15) is 13.2 Å². The van der Waals surface area contributed by atoms with Crippen LogP contribution in [0.15, 0.2) is 30.3 Å². The number of esters is 1. The quantitative estimate of drug-likeness (QED) is 0.0428. The summed E-state index contributed by atoms with van der Waals surface area (Å²) in [6.45, 7) is 9.21. The average Bonchev–Trinajstić information content (AvgIpc) is 3.14. The number of rotatable bonds is 40. The monoisotopic (exact) mass is 736 g/mol. The number of carboxylic acids is 1. The third kappa shape index (κ3) is 33.0. The zero-order valence-electron chi connectivity index (χ0n) is 29.5. The maximum absolute atomic E-state index is 11.9. The Hall–Kier alpha value is -2.65. The highest BCUT2D eigenvalue weighted by Crippen LogP contribution is 2.01. The van der Waals surface area contributed by atoms with Gasteiger partial charge in [-0.15, -0.1) is 0 Å². The minimum absolute atomic E-state index is 0.00981. The van der Waals surface area contributed by atoms with Crippen molar-refractivity contribution in [3.8, 4) is 0 Å². The molecule has 0 unspecified atom stereocenters. The molecular formula is C34H56O17. The molecule has 0 aliphatic carbocycles. The molecule has 0 atom stereocenters. The molecule has 1 aromatic carbocycles. The number of Topliss-reactive ketones (excluding diaryl/α,β-unsaturated/α-hetero) is 1. The molecule has 51 heavy (non-hydrogen) atoms. The second-order valence-corrected chi connectivity index (χ2v) is 10.0. The molecule has 17 nitrogen and oxygen atoms in total. The number of hydrogen-bond acceptors (Lipinski definition) is 16. The van der Waals surface area contributed by atoms with E-state index in [0.717, 1.165) is 0 Å². The Bertz CT molecular complexity index is 937. The van der Waals surface area contributed by atoms with Crippen LogP contribution in [-0.4, -0.2) is 188 Å². The summed E-state index contributed by atoms with van der Waals surface area (Å²) in [5.41, 5.74) is 0.290. The van der Waals surface area contributed by atoms with Crippen molar-refractivity contribution in [3.63, 3.8) is 0 Å². The first kappa shape index (κ1) is 46.4. The van der Waals surface area contributed by atoms with Crippen LogP contribution in [0.2, 0.25) is 0 Å². The van der Waals surface area contributed by atoms with Gasteiger partial charge in [-0.05, 0) is 0 Å². The number of carbonyl (C=O) groups is 3. The summed E-state index contributed by atoms with van der Waals surface area (Å²) in [4.78, 5) is 33.9. The van der Waals surface area contributed by atoms with Gasteiger partial charge in [0, 0.05) is 5.56 Å². The highest BCUT2D eigenvalue weighted by molar-refractivity contribution is 6.40. The zero-order chi connectivity index (χ0) is 36.7. The third-order valence-corrected chi connectivity index (χ3v) is 6.00. The predicted octanol–water partition coefficient (Wildman–Crippen LogP) is 0.696. The average molecular weight is 737 g/mol. The fraction of sp³-hybridized carbons (Fsp3) is 0.735. The van der Waals surface area contributed by atoms with E-state index >= 15 is 0 Å². The predicted molar refractivity (Wildman–Crippen MR) is 179 cm³/mol. The van der Waals surface area contributed by atoms with E-state index in [1.807, 2.05) is 0 Å². The summed E-state index contributed by atoms with van der Waals surface area (Å²) >= 11 is 0. The van der Waals surface area contributed by atoms with Crippen LogP contribution in [0.3, 0.4) is 0 Å². The van der Waals surface area contributed by atoms with Crippen molar-refractivity contribution in [1.29, 1.82) is 0 Å². The molecule has 0 heterocycles. The van der Waals surface area contributed by atoms with Crippen molar-refractivity contribution in [2.75, 3.05) is 165 Å². The molecule has 0 amide bonds. The van der Waals surface area contributed by atoms with E-state index in [2.05, 4.69) is 0 Å². The van der Waals surface area contributed by atoms with Crippen LogP contribution in [-0.2, 0) is 71.2 Å². The van der Waals surface area contributed by atoms with Crippen LogP contribution >= 0.6 is 0 Å². The molecule has 0 saturated carbocycles. The molecule has 17 heteroatoms. The number of hydrogen-bond donors (Lipinski definition) is 1. The molecule has 0 aliphatic rings. The van der Waals surface area contributed by atoms with Gasteiger partial charge in [-0.2, -0.15) is 0 Å². The van der Waals surface area contributed by atoms with E-state index < -0.39 is 17.7 Å². The molecule has 294 valence electrons. The smallest absolute Gasteiger partial charge is 0.379 e. The summed E-state index contributed by atoms with van der Waals surface area (Å²) in [6, 6.07) is 8.23. The lowest BCUT2D eigenvalue weighted by atomic mass is 10.1. The molecule has 0 bridgehead atoms. The van der Waals surface area contributed by atoms with E-state index in [1.165, 1.54) is 0 Å². The van der Waals surface area contributed by atoms with Gasteiger partial charge >= 0.3 is 11.9 Å². The van der Waals surface area contributed by atoms with Gasteiger partial charge in [-0.1, -0.05) is 30.3 Å². The Labute approximate surface area is 299 Å². The second kappa shape index (κ2) is 37.1. The first-order chi connectivity index (χ1) is 25.1. The van der Waals surface area contributed by atoms with Crippen molar-refractivity contribution < 1.29 is 81.1 Å². The van der Waals surface area contributed by atoms with Crippen molar-refractivity contribution in [2.45, 2.75) is 0 Å². The minimum atomic E-state index is -1.00. The van der Waals surface area contributed by atoms with E-state index in [9.17, 15) is 14.4 Å². The van der Waals surface area contributed by atoms with E-state index in [-0.39, 0.29) is 32.0 Å². The number of aliphatic carboxylic acids is 1. The normalized spacial score (nSPS) is 11.2. The van der Waals surface area contributed by atoms with E-state index in [0.29, 0.717) is 139 Å². The van der Waals surface area contributed by atoms with Crippen LogP contribution in [0.4, 0.5) is 0 Å². The van der Waals surface area contributed by atoms with Gasteiger partial charge < -0.3 is 66.7 Å². The summed E-state index contributed by atoms with van der Waals surface area (Å²) in [5, 5.41) is 8.43. The van der Waals surface area contributed by atoms with Gasteiger partial charge in [-0.25, -0.2) is 9.59 Å². The Morgan fingerprint density at radius 2 is 0.627 bits per heavy atom. The number of ketones is 1. The number of benzene rings is 1. The second-order valence-electron chi connectivity index (χ2n) is 10.0. The number of carbonyl (C=O) groups excluding carboxylic acids is 2. The van der Waals surface area contributed by atoms with Crippen molar-refractivity contribution in [3.05, 3.63) is 35.9 Å². The van der Waals surface area contributed by atoms with Gasteiger partial charge in [0.15, 0.2) is 0 Å². The summed E-state index contributed by atoms with van der Waals surface area (Å²) < 4.78 is 69.2. The topological polar surface area (TPSA) is 191 Å². The largest absolute Gasteiger partial charge is 0.480 e. The van der Waals surface area contributed by atoms with Crippen molar-refractivity contribution in [1.82, 2.24) is 0 Å². The van der Waals surface area contributed by atoms with Crippen LogP contribution in [0.25, 0.3) is 0 Å². The van der Waals surface area contributed by atoms with Crippen LogP contribution in [0, 0.1) is 0 Å². The minimum Gasteiger partial charge on any atom is -0.480 e. The fourth-order valence-electron chi connectivity index (χ4n) is 3.54. The Balaban J connectivity index is 1.65. The Kier molecular flexibility index (Phi) is 33.7. The highest BCUT2D eigenvalue weighted by Gasteiger charge is 2.17. The molecule has 0 aromatic heterocycles. The molecule has 0 fully saturated rings. The van der Waals surface area contributed by atoms with Crippen molar-refractivity contribution in [2.24, 2.45) is 0 Å². The maximum atomic E-state index is 11.9. The highest BCUT2D eigenvalue weighted by atomic mass is 16.6. The van der Waals surface area contributed by atoms with Gasteiger partial charge in [0.25, 0.3) is 5.78 Å². The van der Waals surface area contributed by atoms with Gasteiger partial charge in [0.2, 0.25) is 0 Å². The first-order valence-corrected chi connectivity index (χ1v) is 17.0. The SMILES string of the molecule is O=C(O)COCCOCCOCCOCCOCCOCCOCCOCCOCCOCCOCCOCCOC(=O)C(=O)c1ccccc1. The molecule has 1 aromatic rings. The van der Waals surface area contributed by atoms with E-state index in [1.54, 1.807) is 30.3 Å². The maximum Gasteiger partial charge on any atom is 0.379 e. The number of ether oxygens (including phenoxy) is 13. The van der Waals surface area contributed by atoms with Crippen LogP contribution in [0.1, 0.15) is 10.4 Å². The molecule has 0 saturated heterocycles. The Morgan fingerprint density at radius 3 is 0.902 bits per heavy atom. The molecular weight excluding hydrogens is 680 g/mol. The summed E-state index contributed by atoms with van der Waals surface area (Å²) in [6.07, 6.45) is 0. The zero-order valence-corrected chi connectivity index (χ0v) is 29.5. The molecule has 0 radical (unpaired) electrons. The Morgan fingerprint density at radius 1 is 0.373 bits per heavy atom. The van der Waals surface area contributed by atoms with E-state index in [4.69, 9.17) is 66.7 Å². The van der Waals surface area contributed by atoms with Crippen LogP contribution < -0.4 is 0 Å². The molecule has 0 aliphatic heterocycles. The van der Waals surface area contributed by atoms with Gasteiger partial charge in [0.05, 0.1) is 152 Å². The molecule has 1 N–H and O–H groups in total. The van der Waals surface area contributed by atoms with Crippen LogP contribution in [0.5, 0.6) is 0 Å². The summed E-state index contributed by atoms with van der Waals surface area (Å²) in [7, 11) is 0. The molecule has 1 rings (SSSR count). The lowest BCUT2D eigenvalue weighted by Crippen LogP contribution is -2.20. The summed E-state index contributed by atoms with van der Waals surface area (Å²) in [5.74, 6) is -2.59. The first-order valence-electron chi connectivity index (χ1n) is 17.0. The lowest BCUT2D eigenvalue weighted by Gasteiger charge is -2.09. The fourth-order valence-corrected chi connectivity index (χ4v) is 3.54. The standard InChI is InChI=1S/C34H56O17/c35-32(36)30-50-27-26-48-23-22-46-19-18-44-15-14-42-11-10-40-7-6-39-8-9-41-12-13-43-16-17-45-20-21-47-24-25-49-28-29-51-34(38)33(37)31-4-2-1-3-5-31/h1-5H,6-30H2,(H,35,36). The van der Waals surface area contributed by atoms with Gasteiger partial charge in [-0.3, -0.25) is 4.79 Å². The van der Waals surface area contributed by atoms with Crippen molar-refractivity contribution >= 4 is 17.7 Å². The molecule has 0 spiro atoms. The lowest BCUT2D eigenvalue weighted by molar-refractivity contribution is -0.143. The third-order valence-electron chi connectivity index (χ3n) is 6.00. The number of carboxylic acid groups (broad SMARTS) is 1.